The molecule has 2 heterocycles. The molecule has 1 amide bonds. The first-order chi connectivity index (χ1) is 11.2. The lowest BCUT2D eigenvalue weighted by Gasteiger charge is -2.16. The summed E-state index contributed by atoms with van der Waals surface area (Å²) in [6.45, 7) is 3.82. The highest BCUT2D eigenvalue weighted by atomic mass is 16.3. The molecule has 0 aliphatic carbocycles. The van der Waals surface area contributed by atoms with Gasteiger partial charge in [-0.3, -0.25) is 4.79 Å². The monoisotopic (exact) mass is 312 g/mol. The second kappa shape index (κ2) is 7.01. The summed E-state index contributed by atoms with van der Waals surface area (Å²) in [5.41, 5.74) is 4.02. The van der Waals surface area contributed by atoms with Crippen LogP contribution < -0.4 is 0 Å². The summed E-state index contributed by atoms with van der Waals surface area (Å²) >= 11 is 0. The fraction of sp³-hybridized carbons (Fsp3) is 0.421. The lowest BCUT2D eigenvalue weighted by Crippen LogP contribution is -2.29. The number of benzene rings is 1. The summed E-state index contributed by atoms with van der Waals surface area (Å²) in [7, 11) is 0. The van der Waals surface area contributed by atoms with Crippen LogP contribution in [0.25, 0.3) is 0 Å². The molecule has 1 aromatic heterocycles. The highest BCUT2D eigenvalue weighted by Crippen LogP contribution is 2.22. The minimum Gasteiger partial charge on any atom is -0.392 e. The highest BCUT2D eigenvalue weighted by Gasteiger charge is 2.27. The summed E-state index contributed by atoms with van der Waals surface area (Å²) in [6.07, 6.45) is 2.95. The Bertz CT molecular complexity index is 660. The maximum atomic E-state index is 12.5. The first kappa shape index (κ1) is 15.8. The molecule has 0 spiro atoms. The largest absolute Gasteiger partial charge is 0.392 e. The highest BCUT2D eigenvalue weighted by molar-refractivity contribution is 5.92. The topological polar surface area (TPSA) is 56.3 Å². The number of aliphatic hydroxyl groups is 1. The van der Waals surface area contributed by atoms with Crippen LogP contribution in [0.4, 0.5) is 0 Å². The number of likely N-dealkylation sites (tertiary alicyclic amines) is 1. The predicted molar refractivity (Wildman–Crippen MR) is 90.3 cm³/mol. The maximum absolute atomic E-state index is 12.5. The van der Waals surface area contributed by atoms with Gasteiger partial charge in [0.15, 0.2) is 0 Å². The standard InChI is InChI=1S/C19H24N2O2/c1-2-17-7-8-18(20-17)19(23)21-10-9-16(12-21)11-14-3-5-15(13-22)6-4-14/h3-8,16,20,22H,2,9-13H2,1H3/t16-/m0/s1. The molecule has 3 rings (SSSR count). The van der Waals surface area contributed by atoms with Crippen LogP contribution in [0.5, 0.6) is 0 Å². The number of aromatic amines is 1. The van der Waals surface area contributed by atoms with Gasteiger partial charge in [-0.25, -0.2) is 0 Å². The van der Waals surface area contributed by atoms with Gasteiger partial charge in [-0.1, -0.05) is 31.2 Å². The first-order valence-corrected chi connectivity index (χ1v) is 8.35. The Morgan fingerprint density at radius 1 is 1.22 bits per heavy atom. The van der Waals surface area contributed by atoms with Gasteiger partial charge in [0.2, 0.25) is 0 Å². The number of nitrogens with zero attached hydrogens (tertiary/aromatic N) is 1. The second-order valence-corrected chi connectivity index (χ2v) is 6.34. The van der Waals surface area contributed by atoms with Crippen molar-refractivity contribution in [2.24, 2.45) is 5.92 Å². The van der Waals surface area contributed by atoms with Crippen LogP contribution in [-0.2, 0) is 19.4 Å². The number of hydrogen-bond donors (Lipinski definition) is 2. The molecule has 2 N–H and O–H groups in total. The molecule has 1 aliphatic rings. The molecule has 1 fully saturated rings. The average molecular weight is 312 g/mol. The molecular weight excluding hydrogens is 288 g/mol. The Labute approximate surface area is 137 Å². The molecular formula is C19H24N2O2. The zero-order valence-corrected chi connectivity index (χ0v) is 13.6. The number of aromatic nitrogens is 1. The third-order valence-electron chi connectivity index (χ3n) is 4.66. The Kier molecular flexibility index (Phi) is 4.82. The van der Waals surface area contributed by atoms with Crippen LogP contribution in [-0.4, -0.2) is 34.0 Å². The van der Waals surface area contributed by atoms with Crippen molar-refractivity contribution < 1.29 is 9.90 Å². The summed E-state index contributed by atoms with van der Waals surface area (Å²) < 4.78 is 0. The molecule has 0 radical (unpaired) electrons. The van der Waals surface area contributed by atoms with Crippen molar-refractivity contribution in [2.45, 2.75) is 32.8 Å². The number of rotatable bonds is 5. The minimum absolute atomic E-state index is 0.0852. The van der Waals surface area contributed by atoms with Gasteiger partial charge in [0, 0.05) is 18.8 Å². The molecule has 0 bridgehead atoms. The Balaban J connectivity index is 1.58. The Morgan fingerprint density at radius 2 is 1.96 bits per heavy atom. The van der Waals surface area contributed by atoms with E-state index in [4.69, 9.17) is 5.11 Å². The van der Waals surface area contributed by atoms with E-state index >= 15 is 0 Å². The predicted octanol–water partition coefficient (Wildman–Crippen LogP) is 2.77. The second-order valence-electron chi connectivity index (χ2n) is 6.34. The smallest absolute Gasteiger partial charge is 0.270 e. The Hall–Kier alpha value is -2.07. The van der Waals surface area contributed by atoms with E-state index in [1.54, 1.807) is 0 Å². The molecule has 1 aromatic carbocycles. The van der Waals surface area contributed by atoms with E-state index in [0.29, 0.717) is 11.6 Å². The molecule has 1 saturated heterocycles. The van der Waals surface area contributed by atoms with Crippen molar-refractivity contribution in [3.05, 3.63) is 58.9 Å². The SMILES string of the molecule is CCc1ccc(C(=O)N2CC[C@@H](Cc3ccc(CO)cc3)C2)[nH]1. The summed E-state index contributed by atoms with van der Waals surface area (Å²) in [4.78, 5) is 17.7. The van der Waals surface area contributed by atoms with E-state index in [0.717, 1.165) is 43.6 Å². The van der Waals surface area contributed by atoms with Gasteiger partial charge in [-0.2, -0.15) is 0 Å². The number of carbonyl (C=O) groups is 1. The van der Waals surface area contributed by atoms with Crippen molar-refractivity contribution >= 4 is 5.91 Å². The van der Waals surface area contributed by atoms with Gasteiger partial charge in [-0.15, -0.1) is 0 Å². The molecule has 2 aromatic rings. The molecule has 4 nitrogen and oxygen atoms in total. The number of amides is 1. The van der Waals surface area contributed by atoms with Crippen LogP contribution >= 0.6 is 0 Å². The van der Waals surface area contributed by atoms with Crippen LogP contribution in [0.2, 0.25) is 0 Å². The van der Waals surface area contributed by atoms with E-state index in [9.17, 15) is 4.79 Å². The first-order valence-electron chi connectivity index (χ1n) is 8.35. The lowest BCUT2D eigenvalue weighted by molar-refractivity contribution is 0.0782. The number of nitrogens with one attached hydrogen (secondary N) is 1. The summed E-state index contributed by atoms with van der Waals surface area (Å²) in [6, 6.07) is 12.0. The third kappa shape index (κ3) is 3.64. The van der Waals surface area contributed by atoms with Crippen LogP contribution in [0.15, 0.2) is 36.4 Å². The normalized spacial score (nSPS) is 17.7. The molecule has 4 heteroatoms. The van der Waals surface area contributed by atoms with E-state index in [-0.39, 0.29) is 12.5 Å². The summed E-state index contributed by atoms with van der Waals surface area (Å²) in [5, 5.41) is 9.09. The van der Waals surface area contributed by atoms with E-state index < -0.39 is 0 Å². The van der Waals surface area contributed by atoms with Gasteiger partial charge in [0.25, 0.3) is 5.91 Å². The molecule has 1 atom stereocenters. The quantitative estimate of drug-likeness (QED) is 0.892. The van der Waals surface area contributed by atoms with Crippen LogP contribution in [0.1, 0.15) is 40.7 Å². The third-order valence-corrected chi connectivity index (χ3v) is 4.66. The molecule has 0 saturated carbocycles. The Morgan fingerprint density at radius 3 is 2.61 bits per heavy atom. The van der Waals surface area contributed by atoms with Gasteiger partial charge in [0.05, 0.1) is 6.61 Å². The van der Waals surface area contributed by atoms with E-state index in [1.165, 1.54) is 5.56 Å². The number of aliphatic hydroxyl groups excluding tert-OH is 1. The number of aryl methyl sites for hydroxylation is 1. The average Bonchev–Trinajstić information content (AvgIpc) is 3.24. The zero-order valence-electron chi connectivity index (χ0n) is 13.6. The molecule has 1 aliphatic heterocycles. The zero-order chi connectivity index (χ0) is 16.2. The fourth-order valence-electron chi connectivity index (χ4n) is 3.24. The van der Waals surface area contributed by atoms with Crippen molar-refractivity contribution in [3.63, 3.8) is 0 Å². The van der Waals surface area contributed by atoms with Crippen LogP contribution in [0, 0.1) is 5.92 Å². The summed E-state index contributed by atoms with van der Waals surface area (Å²) in [5.74, 6) is 0.627. The van der Waals surface area contributed by atoms with E-state index in [2.05, 4.69) is 24.0 Å². The van der Waals surface area contributed by atoms with Gasteiger partial charge >= 0.3 is 0 Å². The fourth-order valence-corrected chi connectivity index (χ4v) is 3.24. The van der Waals surface area contributed by atoms with Gasteiger partial charge in [0.1, 0.15) is 5.69 Å². The molecule has 122 valence electrons. The van der Waals surface area contributed by atoms with Gasteiger partial charge in [-0.05, 0) is 48.4 Å². The van der Waals surface area contributed by atoms with Crippen LogP contribution in [0.3, 0.4) is 0 Å². The van der Waals surface area contributed by atoms with Crippen molar-refractivity contribution in [2.75, 3.05) is 13.1 Å². The number of H-pyrrole nitrogens is 1. The maximum Gasteiger partial charge on any atom is 0.270 e. The molecule has 0 unspecified atom stereocenters. The van der Waals surface area contributed by atoms with E-state index in [1.807, 2.05) is 29.2 Å². The number of carbonyl (C=O) groups excluding carboxylic acids is 1. The van der Waals surface area contributed by atoms with Crippen molar-refractivity contribution in [1.29, 1.82) is 0 Å². The van der Waals surface area contributed by atoms with Crippen molar-refractivity contribution in [1.82, 2.24) is 9.88 Å². The number of hydrogen-bond acceptors (Lipinski definition) is 2. The molecule has 23 heavy (non-hydrogen) atoms. The van der Waals surface area contributed by atoms with Gasteiger partial charge < -0.3 is 15.0 Å². The minimum atomic E-state index is 0.0852. The lowest BCUT2D eigenvalue weighted by atomic mass is 9.98. The van der Waals surface area contributed by atoms with Crippen molar-refractivity contribution in [3.8, 4) is 0 Å².